The van der Waals surface area contributed by atoms with Crippen LogP contribution in [0.1, 0.15) is 15.9 Å². The van der Waals surface area contributed by atoms with Gasteiger partial charge in [-0.15, -0.1) is 0 Å². The van der Waals surface area contributed by atoms with Gasteiger partial charge in [0, 0.05) is 67.8 Å². The van der Waals surface area contributed by atoms with Gasteiger partial charge < -0.3 is 20.5 Å². The Morgan fingerprint density at radius 2 is 1.78 bits per heavy atom. The van der Waals surface area contributed by atoms with Crippen LogP contribution in [0, 0.1) is 0 Å². The molecule has 0 aliphatic heterocycles. The van der Waals surface area contributed by atoms with E-state index < -0.39 is 0 Å². The molecule has 180 valence electrons. The summed E-state index contributed by atoms with van der Waals surface area (Å²) in [5.41, 5.74) is 6.63. The molecule has 0 aliphatic carbocycles. The molecule has 3 heterocycles. The van der Waals surface area contributed by atoms with Crippen molar-refractivity contribution in [2.45, 2.75) is 6.54 Å². The van der Waals surface area contributed by atoms with Gasteiger partial charge in [-0.1, -0.05) is 12.1 Å². The van der Waals surface area contributed by atoms with Crippen LogP contribution in [0.15, 0.2) is 96.2 Å². The van der Waals surface area contributed by atoms with Crippen LogP contribution in [0.25, 0.3) is 16.9 Å². The van der Waals surface area contributed by atoms with E-state index >= 15 is 0 Å². The molecule has 8 heteroatoms. The van der Waals surface area contributed by atoms with Crippen LogP contribution in [0.5, 0.6) is 0 Å². The van der Waals surface area contributed by atoms with E-state index in [4.69, 9.17) is 0 Å². The third kappa shape index (κ3) is 4.83. The van der Waals surface area contributed by atoms with Crippen molar-refractivity contribution in [1.82, 2.24) is 19.7 Å². The molecular formula is C28H26N6O2. The number of carbonyl (C=O) groups is 1. The van der Waals surface area contributed by atoms with Crippen molar-refractivity contribution in [3.63, 3.8) is 0 Å². The predicted molar refractivity (Wildman–Crippen MR) is 143 cm³/mol. The summed E-state index contributed by atoms with van der Waals surface area (Å²) in [4.78, 5) is 33.5. The minimum absolute atomic E-state index is 0.129. The van der Waals surface area contributed by atoms with Crippen molar-refractivity contribution in [2.24, 2.45) is 0 Å². The first kappa shape index (κ1) is 22.9. The van der Waals surface area contributed by atoms with Crippen molar-refractivity contribution < 1.29 is 4.79 Å². The highest BCUT2D eigenvalue weighted by Gasteiger charge is 2.11. The minimum Gasteiger partial charge on any atom is -0.378 e. The van der Waals surface area contributed by atoms with Gasteiger partial charge in [-0.25, -0.2) is 4.98 Å². The normalized spacial score (nSPS) is 10.8. The molecule has 0 spiro atoms. The molecular weight excluding hydrogens is 452 g/mol. The molecule has 0 unspecified atom stereocenters. The highest BCUT2D eigenvalue weighted by molar-refractivity contribution is 5.94. The van der Waals surface area contributed by atoms with Crippen LogP contribution in [0.2, 0.25) is 0 Å². The zero-order valence-electron chi connectivity index (χ0n) is 20.0. The quantitative estimate of drug-likeness (QED) is 0.322. The molecule has 5 rings (SSSR count). The molecule has 0 fully saturated rings. The highest BCUT2D eigenvalue weighted by atomic mass is 16.1. The number of aromatic nitrogens is 3. The molecule has 0 aliphatic rings. The Balaban J connectivity index is 1.27. The number of hydrogen-bond acceptors (Lipinski definition) is 5. The smallest absolute Gasteiger partial charge is 0.251 e. The molecule has 0 saturated carbocycles. The number of nitrogens with one attached hydrogen (secondary N) is 3. The van der Waals surface area contributed by atoms with E-state index in [9.17, 15) is 9.59 Å². The molecule has 0 atom stereocenters. The summed E-state index contributed by atoms with van der Waals surface area (Å²) in [7, 11) is 3.99. The summed E-state index contributed by atoms with van der Waals surface area (Å²) in [5, 5.41) is 6.34. The van der Waals surface area contributed by atoms with E-state index in [0.29, 0.717) is 12.1 Å². The third-order valence-corrected chi connectivity index (χ3v) is 5.95. The number of rotatable bonds is 7. The molecule has 5 aromatic rings. The van der Waals surface area contributed by atoms with Gasteiger partial charge in [-0.3, -0.25) is 14.0 Å². The van der Waals surface area contributed by atoms with E-state index in [1.54, 1.807) is 30.6 Å². The maximum Gasteiger partial charge on any atom is 0.251 e. The second kappa shape index (κ2) is 9.79. The summed E-state index contributed by atoms with van der Waals surface area (Å²) in [5.74, 6) is -0.129. The molecule has 3 N–H and O–H groups in total. The molecule has 0 radical (unpaired) electrons. The van der Waals surface area contributed by atoms with Crippen molar-refractivity contribution in [2.75, 3.05) is 24.3 Å². The fraction of sp³-hybridized carbons (Fsp3) is 0.107. The number of H-pyrrole nitrogens is 1. The van der Waals surface area contributed by atoms with E-state index in [2.05, 4.69) is 20.6 Å². The van der Waals surface area contributed by atoms with Crippen LogP contribution in [0.4, 0.5) is 17.1 Å². The fourth-order valence-corrected chi connectivity index (χ4v) is 4.01. The first-order valence-electron chi connectivity index (χ1n) is 11.5. The van der Waals surface area contributed by atoms with Crippen molar-refractivity contribution in [3.8, 4) is 11.3 Å². The van der Waals surface area contributed by atoms with Crippen molar-refractivity contribution >= 4 is 28.6 Å². The van der Waals surface area contributed by atoms with Gasteiger partial charge in [0.15, 0.2) is 5.65 Å². The SMILES string of the molecule is CN(C)c1ccc(CNC(=O)c2ccc(Nc3ccc(-c4cc[nH]c(=O)c4)n4ccnc34)cc2)cc1. The number of nitrogens with zero attached hydrogens (tertiary/aromatic N) is 3. The van der Waals surface area contributed by atoms with Crippen LogP contribution in [0.3, 0.4) is 0 Å². The Hall–Kier alpha value is -4.85. The van der Waals surface area contributed by atoms with Crippen LogP contribution in [-0.4, -0.2) is 34.4 Å². The average molecular weight is 479 g/mol. The van der Waals surface area contributed by atoms with Crippen LogP contribution in [-0.2, 0) is 6.54 Å². The summed E-state index contributed by atoms with van der Waals surface area (Å²) >= 11 is 0. The number of pyridine rings is 2. The van der Waals surface area contributed by atoms with Gasteiger partial charge in [0.25, 0.3) is 5.91 Å². The Labute approximate surface area is 208 Å². The Morgan fingerprint density at radius 1 is 1.00 bits per heavy atom. The number of amides is 1. The second-order valence-electron chi connectivity index (χ2n) is 8.64. The van der Waals surface area contributed by atoms with Gasteiger partial charge in [0.2, 0.25) is 5.56 Å². The second-order valence-corrected chi connectivity index (χ2v) is 8.64. The maximum absolute atomic E-state index is 12.6. The molecule has 0 bridgehead atoms. The number of imidazole rings is 1. The first-order chi connectivity index (χ1) is 17.5. The van der Waals surface area contributed by atoms with Crippen LogP contribution < -0.4 is 21.1 Å². The predicted octanol–water partition coefficient (Wildman–Crippen LogP) is 4.43. The Kier molecular flexibility index (Phi) is 6.23. The molecule has 2 aromatic carbocycles. The van der Waals surface area contributed by atoms with Crippen molar-refractivity contribution in [3.05, 3.63) is 113 Å². The summed E-state index contributed by atoms with van der Waals surface area (Å²) < 4.78 is 1.93. The largest absolute Gasteiger partial charge is 0.378 e. The third-order valence-electron chi connectivity index (χ3n) is 5.95. The summed E-state index contributed by atoms with van der Waals surface area (Å²) in [6.07, 6.45) is 5.21. The number of fused-ring (bicyclic) bond motifs is 1. The van der Waals surface area contributed by atoms with Crippen LogP contribution >= 0.6 is 0 Å². The lowest BCUT2D eigenvalue weighted by Gasteiger charge is -2.13. The van der Waals surface area contributed by atoms with Gasteiger partial charge >= 0.3 is 0 Å². The molecule has 0 saturated heterocycles. The van der Waals surface area contributed by atoms with E-state index in [-0.39, 0.29) is 11.5 Å². The summed E-state index contributed by atoms with van der Waals surface area (Å²) in [6.45, 7) is 0.462. The average Bonchev–Trinajstić information content (AvgIpc) is 3.39. The van der Waals surface area contributed by atoms with Gasteiger partial charge in [-0.2, -0.15) is 0 Å². The van der Waals surface area contributed by atoms with Gasteiger partial charge in [-0.05, 0) is 60.2 Å². The number of aromatic amines is 1. The Bertz CT molecular complexity index is 1570. The Morgan fingerprint density at radius 3 is 2.50 bits per heavy atom. The first-order valence-corrected chi connectivity index (χ1v) is 11.5. The van der Waals surface area contributed by atoms with E-state index in [0.717, 1.165) is 39.5 Å². The maximum atomic E-state index is 12.6. The zero-order chi connectivity index (χ0) is 25.1. The molecule has 1 amide bonds. The molecule has 8 nitrogen and oxygen atoms in total. The monoisotopic (exact) mass is 478 g/mol. The fourth-order valence-electron chi connectivity index (χ4n) is 4.01. The lowest BCUT2D eigenvalue weighted by Crippen LogP contribution is -2.22. The summed E-state index contributed by atoms with van der Waals surface area (Å²) in [6, 6.07) is 22.7. The highest BCUT2D eigenvalue weighted by Crippen LogP contribution is 2.27. The number of carbonyl (C=O) groups excluding carboxylic acids is 1. The van der Waals surface area contributed by atoms with E-state index in [1.165, 1.54) is 0 Å². The lowest BCUT2D eigenvalue weighted by atomic mass is 10.1. The topological polar surface area (TPSA) is 94.5 Å². The number of hydrogen-bond donors (Lipinski definition) is 3. The number of anilines is 3. The van der Waals surface area contributed by atoms with Gasteiger partial charge in [0.05, 0.1) is 11.4 Å². The lowest BCUT2D eigenvalue weighted by molar-refractivity contribution is 0.0951. The standard InChI is InChI=1S/C28H26N6O2/c1-33(2)23-9-3-19(4-10-23)18-31-28(36)20-5-7-22(8-6-20)32-24-11-12-25(34-16-15-30-27(24)34)21-13-14-29-26(35)17-21/h3-17,32H,18H2,1-2H3,(H,29,35)(H,31,36). The van der Waals surface area contributed by atoms with Crippen molar-refractivity contribution in [1.29, 1.82) is 0 Å². The molecule has 3 aromatic heterocycles. The van der Waals surface area contributed by atoms with E-state index in [1.807, 2.05) is 84.2 Å². The minimum atomic E-state index is -0.158. The number of benzene rings is 2. The molecule has 36 heavy (non-hydrogen) atoms. The zero-order valence-corrected chi connectivity index (χ0v) is 20.0. The van der Waals surface area contributed by atoms with Gasteiger partial charge in [0.1, 0.15) is 0 Å².